The lowest BCUT2D eigenvalue weighted by atomic mass is 10.2. The smallest absolute Gasteiger partial charge is 0.310 e. The van der Waals surface area contributed by atoms with Crippen LogP contribution in [0, 0.1) is 0 Å². The molecule has 2 aliphatic rings. The normalized spacial score (nSPS) is 27.6. The third-order valence-corrected chi connectivity index (χ3v) is 3.26. The molecular formula is C11H19F3N2. The largest absolute Gasteiger partial charge is 0.389 e. The van der Waals surface area contributed by atoms with Gasteiger partial charge < -0.3 is 10.2 Å². The summed E-state index contributed by atoms with van der Waals surface area (Å²) in [7, 11) is 0. The third-order valence-electron chi connectivity index (χ3n) is 3.26. The number of halogens is 3. The fourth-order valence-electron chi connectivity index (χ4n) is 2.26. The minimum atomic E-state index is -3.99. The summed E-state index contributed by atoms with van der Waals surface area (Å²) in [4.78, 5) is 2.14. The zero-order valence-electron chi connectivity index (χ0n) is 9.39. The van der Waals surface area contributed by atoms with Crippen LogP contribution in [0.2, 0.25) is 0 Å². The van der Waals surface area contributed by atoms with Crippen molar-refractivity contribution >= 4 is 0 Å². The SMILES string of the molecule is FC(F)(F)CCCN1CCC(NC2CC2)C1. The number of nitrogens with zero attached hydrogens (tertiary/aromatic N) is 1. The maximum absolute atomic E-state index is 12.0. The Morgan fingerprint density at radius 2 is 1.88 bits per heavy atom. The zero-order valence-corrected chi connectivity index (χ0v) is 9.39. The van der Waals surface area contributed by atoms with Crippen LogP contribution in [-0.4, -0.2) is 42.8 Å². The average Bonchev–Trinajstić information content (AvgIpc) is 2.84. The van der Waals surface area contributed by atoms with E-state index in [0.717, 1.165) is 19.5 Å². The molecule has 1 saturated carbocycles. The van der Waals surface area contributed by atoms with Crippen molar-refractivity contribution in [1.82, 2.24) is 10.2 Å². The van der Waals surface area contributed by atoms with Gasteiger partial charge in [-0.3, -0.25) is 0 Å². The van der Waals surface area contributed by atoms with Gasteiger partial charge in [0, 0.05) is 25.0 Å². The van der Waals surface area contributed by atoms with E-state index in [0.29, 0.717) is 18.6 Å². The second-order valence-corrected chi connectivity index (χ2v) is 4.95. The summed E-state index contributed by atoms with van der Waals surface area (Å²) < 4.78 is 35.9. The molecule has 0 bridgehead atoms. The van der Waals surface area contributed by atoms with E-state index in [2.05, 4.69) is 10.2 Å². The lowest BCUT2D eigenvalue weighted by Crippen LogP contribution is -2.34. The van der Waals surface area contributed by atoms with Crippen molar-refractivity contribution in [3.8, 4) is 0 Å². The second kappa shape index (κ2) is 4.92. The van der Waals surface area contributed by atoms with Crippen LogP contribution in [0.15, 0.2) is 0 Å². The van der Waals surface area contributed by atoms with Crippen molar-refractivity contribution in [3.05, 3.63) is 0 Å². The van der Waals surface area contributed by atoms with Gasteiger partial charge in [0.15, 0.2) is 0 Å². The molecule has 1 unspecified atom stereocenters. The first-order valence-electron chi connectivity index (χ1n) is 6.08. The molecule has 2 fully saturated rings. The van der Waals surface area contributed by atoms with Crippen molar-refractivity contribution in [1.29, 1.82) is 0 Å². The van der Waals surface area contributed by atoms with E-state index in [4.69, 9.17) is 0 Å². The molecule has 1 N–H and O–H groups in total. The van der Waals surface area contributed by atoms with Crippen LogP contribution in [0.5, 0.6) is 0 Å². The Kier molecular flexibility index (Phi) is 3.74. The van der Waals surface area contributed by atoms with Crippen LogP contribution in [0.25, 0.3) is 0 Å². The Labute approximate surface area is 94.2 Å². The minimum absolute atomic E-state index is 0.236. The Hall–Kier alpha value is -0.290. The Morgan fingerprint density at radius 3 is 2.50 bits per heavy atom. The predicted octanol–water partition coefficient (Wildman–Crippen LogP) is 2.16. The highest BCUT2D eigenvalue weighted by Gasteiger charge is 2.30. The third kappa shape index (κ3) is 4.29. The fraction of sp³-hybridized carbons (Fsp3) is 1.00. The van der Waals surface area contributed by atoms with Crippen LogP contribution in [0.1, 0.15) is 32.1 Å². The van der Waals surface area contributed by atoms with Gasteiger partial charge in [0.1, 0.15) is 0 Å². The second-order valence-electron chi connectivity index (χ2n) is 4.95. The van der Waals surface area contributed by atoms with Crippen LogP contribution in [0.3, 0.4) is 0 Å². The highest BCUT2D eigenvalue weighted by Crippen LogP contribution is 2.24. The van der Waals surface area contributed by atoms with Crippen molar-refractivity contribution < 1.29 is 13.2 Å². The van der Waals surface area contributed by atoms with Gasteiger partial charge >= 0.3 is 6.18 Å². The quantitative estimate of drug-likeness (QED) is 0.787. The fourth-order valence-corrected chi connectivity index (χ4v) is 2.26. The number of hydrogen-bond donors (Lipinski definition) is 1. The molecule has 0 amide bonds. The topological polar surface area (TPSA) is 15.3 Å². The van der Waals surface area contributed by atoms with Crippen molar-refractivity contribution in [3.63, 3.8) is 0 Å². The van der Waals surface area contributed by atoms with Crippen molar-refractivity contribution in [2.75, 3.05) is 19.6 Å². The molecule has 1 saturated heterocycles. The maximum Gasteiger partial charge on any atom is 0.389 e. The molecule has 1 atom stereocenters. The Bertz CT molecular complexity index is 226. The van der Waals surface area contributed by atoms with Crippen LogP contribution >= 0.6 is 0 Å². The van der Waals surface area contributed by atoms with Gasteiger partial charge in [-0.2, -0.15) is 13.2 Å². The predicted molar refractivity (Wildman–Crippen MR) is 56.3 cm³/mol. The lowest BCUT2D eigenvalue weighted by molar-refractivity contribution is -0.136. The molecule has 5 heteroatoms. The number of nitrogens with one attached hydrogen (secondary N) is 1. The van der Waals surface area contributed by atoms with E-state index < -0.39 is 12.6 Å². The molecular weight excluding hydrogens is 217 g/mol. The molecule has 0 aromatic carbocycles. The van der Waals surface area contributed by atoms with Gasteiger partial charge in [-0.15, -0.1) is 0 Å². The minimum Gasteiger partial charge on any atom is -0.310 e. The van der Waals surface area contributed by atoms with Crippen molar-refractivity contribution in [2.24, 2.45) is 0 Å². The number of hydrogen-bond acceptors (Lipinski definition) is 2. The van der Waals surface area contributed by atoms with Crippen LogP contribution in [0.4, 0.5) is 13.2 Å². The molecule has 0 spiro atoms. The van der Waals surface area contributed by atoms with Gasteiger partial charge in [-0.05, 0) is 38.8 Å². The zero-order chi connectivity index (χ0) is 11.6. The molecule has 1 aliphatic carbocycles. The summed E-state index contributed by atoms with van der Waals surface area (Å²) in [5.41, 5.74) is 0. The molecule has 1 aliphatic heterocycles. The van der Waals surface area contributed by atoms with Gasteiger partial charge in [0.25, 0.3) is 0 Å². The highest BCUT2D eigenvalue weighted by atomic mass is 19.4. The van der Waals surface area contributed by atoms with Crippen LogP contribution in [-0.2, 0) is 0 Å². The van der Waals surface area contributed by atoms with E-state index in [1.807, 2.05) is 0 Å². The molecule has 2 nitrogen and oxygen atoms in total. The van der Waals surface area contributed by atoms with Crippen molar-refractivity contribution in [2.45, 2.75) is 50.4 Å². The molecule has 0 aromatic rings. The van der Waals surface area contributed by atoms with Gasteiger partial charge in [0.05, 0.1) is 0 Å². The Morgan fingerprint density at radius 1 is 1.12 bits per heavy atom. The first-order chi connectivity index (χ1) is 7.53. The van der Waals surface area contributed by atoms with E-state index >= 15 is 0 Å². The summed E-state index contributed by atoms with van der Waals surface area (Å²) >= 11 is 0. The van der Waals surface area contributed by atoms with Gasteiger partial charge in [-0.1, -0.05) is 0 Å². The lowest BCUT2D eigenvalue weighted by Gasteiger charge is -2.16. The summed E-state index contributed by atoms with van der Waals surface area (Å²) in [6, 6.07) is 1.21. The first-order valence-corrected chi connectivity index (χ1v) is 6.08. The number of rotatable bonds is 5. The van der Waals surface area contributed by atoms with E-state index in [9.17, 15) is 13.2 Å². The van der Waals surface area contributed by atoms with Crippen LogP contribution < -0.4 is 5.32 Å². The number of likely N-dealkylation sites (tertiary alicyclic amines) is 1. The molecule has 2 rings (SSSR count). The Balaban J connectivity index is 1.57. The summed E-state index contributed by atoms with van der Waals surface area (Å²) in [6.07, 6.45) is -0.785. The van der Waals surface area contributed by atoms with Gasteiger partial charge in [0.2, 0.25) is 0 Å². The summed E-state index contributed by atoms with van der Waals surface area (Å²) in [5, 5.41) is 3.53. The molecule has 1 heterocycles. The molecule has 0 radical (unpaired) electrons. The molecule has 94 valence electrons. The molecule has 0 aromatic heterocycles. The first kappa shape index (κ1) is 12.2. The average molecular weight is 236 g/mol. The number of alkyl halides is 3. The molecule has 16 heavy (non-hydrogen) atoms. The van der Waals surface area contributed by atoms with E-state index in [1.165, 1.54) is 12.8 Å². The highest BCUT2D eigenvalue weighted by molar-refractivity contribution is 4.89. The monoisotopic (exact) mass is 236 g/mol. The summed E-state index contributed by atoms with van der Waals surface area (Å²) in [6.45, 7) is 2.46. The van der Waals surface area contributed by atoms with E-state index in [-0.39, 0.29) is 6.42 Å². The van der Waals surface area contributed by atoms with E-state index in [1.54, 1.807) is 0 Å². The standard InChI is InChI=1S/C11H19F3N2/c12-11(13,14)5-1-6-16-7-4-10(8-16)15-9-2-3-9/h9-10,15H,1-8H2. The summed E-state index contributed by atoms with van der Waals surface area (Å²) in [5.74, 6) is 0. The maximum atomic E-state index is 12.0. The van der Waals surface area contributed by atoms with Gasteiger partial charge in [-0.25, -0.2) is 0 Å².